The molecule has 3 rings (SSSR count). The van der Waals surface area contributed by atoms with Gasteiger partial charge in [0.2, 0.25) is 16.0 Å². The summed E-state index contributed by atoms with van der Waals surface area (Å²) < 4.78 is 48.5. The topological polar surface area (TPSA) is 109 Å². The molecule has 0 aliphatic rings. The van der Waals surface area contributed by atoms with Crippen molar-refractivity contribution in [1.29, 1.82) is 0 Å². The summed E-state index contributed by atoms with van der Waals surface area (Å²) in [5.74, 6) is 0.298. The summed E-state index contributed by atoms with van der Waals surface area (Å²) in [4.78, 5) is 8.25. The molecular formula is C15H13BrClFN4O4S. The minimum atomic E-state index is -4.02. The van der Waals surface area contributed by atoms with E-state index in [0.29, 0.717) is 20.4 Å². The average Bonchev–Trinajstić information content (AvgIpc) is 3.03. The molecule has 0 bridgehead atoms. The lowest BCUT2D eigenvalue weighted by atomic mass is 10.2. The predicted octanol–water partition coefficient (Wildman–Crippen LogP) is 2.84. The first-order chi connectivity index (χ1) is 12.8. The van der Waals surface area contributed by atoms with Crippen LogP contribution in [0.3, 0.4) is 0 Å². The van der Waals surface area contributed by atoms with Crippen LogP contribution in [0, 0.1) is 0 Å². The number of benzene rings is 1. The van der Waals surface area contributed by atoms with E-state index in [4.69, 9.17) is 26.2 Å². The molecule has 1 aromatic carbocycles. The second kappa shape index (κ2) is 7.58. The molecule has 2 N–H and O–H groups in total. The quantitative estimate of drug-likeness (QED) is 0.582. The highest BCUT2D eigenvalue weighted by atomic mass is 79.9. The molecule has 2 aromatic heterocycles. The van der Waals surface area contributed by atoms with Crippen LogP contribution >= 0.6 is 27.5 Å². The number of aromatic nitrogens is 3. The monoisotopic (exact) mass is 478 g/mol. The summed E-state index contributed by atoms with van der Waals surface area (Å²) in [6.07, 6.45) is 2.59. The summed E-state index contributed by atoms with van der Waals surface area (Å²) >= 11 is 9.50. The van der Waals surface area contributed by atoms with Crippen molar-refractivity contribution >= 4 is 48.5 Å². The molecule has 0 saturated heterocycles. The van der Waals surface area contributed by atoms with Gasteiger partial charge in [0.05, 0.1) is 28.3 Å². The van der Waals surface area contributed by atoms with E-state index in [-0.39, 0.29) is 29.1 Å². The molecule has 3 aromatic rings. The van der Waals surface area contributed by atoms with Crippen molar-refractivity contribution in [2.24, 2.45) is 5.14 Å². The molecular weight excluding hydrogens is 467 g/mol. The first-order valence-electron chi connectivity index (χ1n) is 7.40. The number of sulfonamides is 1. The zero-order valence-electron chi connectivity index (χ0n) is 13.8. The van der Waals surface area contributed by atoms with Gasteiger partial charge in [-0.2, -0.15) is 4.98 Å². The third kappa shape index (κ3) is 3.72. The van der Waals surface area contributed by atoms with Gasteiger partial charge in [0, 0.05) is 11.6 Å². The van der Waals surface area contributed by atoms with Crippen molar-refractivity contribution in [3.05, 3.63) is 34.0 Å². The largest absolute Gasteiger partial charge is 0.484 e. The Morgan fingerprint density at radius 3 is 2.78 bits per heavy atom. The van der Waals surface area contributed by atoms with Gasteiger partial charge in [0.25, 0.3) is 5.88 Å². The number of ether oxygens (including phenoxy) is 2. The lowest BCUT2D eigenvalue weighted by Gasteiger charge is -2.11. The van der Waals surface area contributed by atoms with Crippen molar-refractivity contribution in [1.82, 2.24) is 14.5 Å². The van der Waals surface area contributed by atoms with Gasteiger partial charge in [-0.1, -0.05) is 11.6 Å². The van der Waals surface area contributed by atoms with Crippen LogP contribution in [0.2, 0.25) is 5.02 Å². The smallest absolute Gasteiger partial charge is 0.261 e. The van der Waals surface area contributed by atoms with Crippen LogP contribution in [0.1, 0.15) is 0 Å². The minimum Gasteiger partial charge on any atom is -0.484 e. The number of methoxy groups -OCH3 is 1. The van der Waals surface area contributed by atoms with E-state index < -0.39 is 16.7 Å². The van der Waals surface area contributed by atoms with Crippen LogP contribution in [0.15, 0.2) is 33.9 Å². The Hall–Kier alpha value is -1.95. The van der Waals surface area contributed by atoms with Crippen molar-refractivity contribution in [3.8, 4) is 17.6 Å². The summed E-state index contributed by atoms with van der Waals surface area (Å²) in [5, 5.41) is 6.03. The second-order valence-electron chi connectivity index (χ2n) is 5.25. The maximum atomic E-state index is 12.3. The maximum absolute atomic E-state index is 12.3. The van der Waals surface area contributed by atoms with Crippen LogP contribution < -0.4 is 14.6 Å². The van der Waals surface area contributed by atoms with E-state index in [1.54, 1.807) is 6.07 Å². The van der Waals surface area contributed by atoms with Crippen LogP contribution in [0.5, 0.6) is 11.6 Å². The lowest BCUT2D eigenvalue weighted by Crippen LogP contribution is -2.11. The van der Waals surface area contributed by atoms with Gasteiger partial charge < -0.3 is 9.47 Å². The summed E-state index contributed by atoms with van der Waals surface area (Å²) in [6.45, 7) is -0.863. The Kier molecular flexibility index (Phi) is 5.56. The Morgan fingerprint density at radius 2 is 2.15 bits per heavy atom. The average molecular weight is 480 g/mol. The van der Waals surface area contributed by atoms with E-state index in [1.165, 1.54) is 30.1 Å². The normalized spacial score (nSPS) is 11.7. The Balaban J connectivity index is 2.27. The molecule has 0 atom stereocenters. The Bertz CT molecular complexity index is 1120. The molecule has 2 heterocycles. The molecule has 0 aliphatic carbocycles. The molecule has 0 radical (unpaired) electrons. The molecule has 0 saturated carbocycles. The van der Waals surface area contributed by atoms with Crippen molar-refractivity contribution < 1.29 is 22.3 Å². The highest BCUT2D eigenvalue weighted by molar-refractivity contribution is 9.10. The number of rotatable bonds is 6. The van der Waals surface area contributed by atoms with E-state index in [2.05, 4.69) is 25.9 Å². The molecule has 0 spiro atoms. The van der Waals surface area contributed by atoms with E-state index >= 15 is 0 Å². The number of nitrogens with two attached hydrogens (primary N) is 1. The number of fused-ring (bicyclic) bond motifs is 1. The van der Waals surface area contributed by atoms with Gasteiger partial charge in [-0.3, -0.25) is 4.57 Å². The molecule has 12 heteroatoms. The van der Waals surface area contributed by atoms with Crippen molar-refractivity contribution in [3.63, 3.8) is 0 Å². The van der Waals surface area contributed by atoms with Crippen LogP contribution in [0.4, 0.5) is 4.39 Å². The summed E-state index contributed by atoms with van der Waals surface area (Å²) in [7, 11) is -2.65. The van der Waals surface area contributed by atoms with Gasteiger partial charge >= 0.3 is 0 Å². The Labute approximate surface area is 167 Å². The highest BCUT2D eigenvalue weighted by Crippen LogP contribution is 2.37. The third-order valence-corrected chi connectivity index (χ3v) is 5.87. The van der Waals surface area contributed by atoms with Gasteiger partial charge in [0.15, 0.2) is 5.75 Å². The predicted molar refractivity (Wildman–Crippen MR) is 101 cm³/mol. The standard InChI is InChI=1S/C15H13BrClFN4O4S/c1-25-14-10(26-5-4-18)6-20-15(21-14)22-7-11(27(19,23)24)8-2-3-9(17)12(16)13(8)22/h2-3,6-7H,4-5H2,1H3,(H2,19,23,24). The fourth-order valence-electron chi connectivity index (χ4n) is 2.47. The SMILES string of the molecule is COc1nc(-n2cc(S(N)(=O)=O)c3ccc(Cl)c(Br)c32)ncc1OCCF. The molecule has 8 nitrogen and oxygen atoms in total. The first kappa shape index (κ1) is 19.8. The number of primary sulfonamides is 1. The van der Waals surface area contributed by atoms with Crippen molar-refractivity contribution in [2.75, 3.05) is 20.4 Å². The van der Waals surface area contributed by atoms with Gasteiger partial charge in [-0.15, -0.1) is 0 Å². The number of hydrogen-bond acceptors (Lipinski definition) is 6. The van der Waals surface area contributed by atoms with E-state index in [0.717, 1.165) is 0 Å². The molecule has 0 fully saturated rings. The van der Waals surface area contributed by atoms with Crippen molar-refractivity contribution in [2.45, 2.75) is 4.90 Å². The third-order valence-electron chi connectivity index (χ3n) is 3.58. The van der Waals surface area contributed by atoms with Crippen LogP contribution in [-0.2, 0) is 10.0 Å². The first-order valence-corrected chi connectivity index (χ1v) is 10.1. The zero-order valence-corrected chi connectivity index (χ0v) is 17.0. The summed E-state index contributed by atoms with van der Waals surface area (Å²) in [5.41, 5.74) is 0.408. The van der Waals surface area contributed by atoms with Crippen LogP contribution in [0.25, 0.3) is 16.9 Å². The molecule has 0 aliphatic heterocycles. The molecule has 0 amide bonds. The van der Waals surface area contributed by atoms with Crippen LogP contribution in [-0.4, -0.2) is 43.3 Å². The highest BCUT2D eigenvalue weighted by Gasteiger charge is 2.23. The summed E-state index contributed by atoms with van der Waals surface area (Å²) in [6, 6.07) is 3.08. The lowest BCUT2D eigenvalue weighted by molar-refractivity contribution is 0.255. The fourth-order valence-corrected chi connectivity index (χ4v) is 3.88. The number of nitrogens with zero attached hydrogens (tertiary/aromatic N) is 3. The molecule has 27 heavy (non-hydrogen) atoms. The number of hydrogen-bond donors (Lipinski definition) is 1. The number of halogens is 3. The maximum Gasteiger partial charge on any atom is 0.261 e. The van der Waals surface area contributed by atoms with E-state index in [1.807, 2.05) is 0 Å². The zero-order chi connectivity index (χ0) is 19.8. The Morgan fingerprint density at radius 1 is 1.41 bits per heavy atom. The molecule has 144 valence electrons. The van der Waals surface area contributed by atoms with Gasteiger partial charge in [-0.25, -0.2) is 22.9 Å². The van der Waals surface area contributed by atoms with Gasteiger partial charge in [0.1, 0.15) is 18.2 Å². The molecule has 0 unspecified atom stereocenters. The number of alkyl halides is 1. The van der Waals surface area contributed by atoms with E-state index in [9.17, 15) is 12.8 Å². The second-order valence-corrected chi connectivity index (χ2v) is 7.98. The van der Waals surface area contributed by atoms with Gasteiger partial charge in [-0.05, 0) is 28.1 Å². The minimum absolute atomic E-state index is 0.0607. The fraction of sp³-hybridized carbons (Fsp3) is 0.200.